The topological polar surface area (TPSA) is 50.2 Å². The Kier molecular flexibility index (Phi) is 6.50. The number of thiophene rings is 1. The number of anilines is 1. The standard InChI is InChI=1S/C28H30N4OS/c1-3-31(22-11-6-4-7-12-22)18-10-17-29-28(33)25-19-21-15-16-24-26(27(21)34-25)20(2)30-32(24)23-13-8-5-9-14-23/h4-9,11-14,19H,3,10,15-18H2,1-2H3,(H,29,33). The van der Waals surface area contributed by atoms with Gasteiger partial charge < -0.3 is 10.2 Å². The van der Waals surface area contributed by atoms with Gasteiger partial charge in [-0.15, -0.1) is 11.3 Å². The van der Waals surface area contributed by atoms with Gasteiger partial charge in [-0.1, -0.05) is 36.4 Å². The first kappa shape index (κ1) is 22.4. The molecule has 0 atom stereocenters. The second-order valence-electron chi connectivity index (χ2n) is 8.64. The summed E-state index contributed by atoms with van der Waals surface area (Å²) in [4.78, 5) is 17.3. The summed E-state index contributed by atoms with van der Waals surface area (Å²) >= 11 is 1.60. The average Bonchev–Trinajstić information content (AvgIpc) is 3.46. The van der Waals surface area contributed by atoms with Crippen LogP contribution >= 0.6 is 11.3 Å². The highest BCUT2D eigenvalue weighted by Crippen LogP contribution is 2.42. The molecule has 0 radical (unpaired) electrons. The molecule has 174 valence electrons. The number of hydrogen-bond acceptors (Lipinski definition) is 4. The van der Waals surface area contributed by atoms with Crippen molar-refractivity contribution in [1.82, 2.24) is 15.1 Å². The van der Waals surface area contributed by atoms with Crippen LogP contribution in [0.4, 0.5) is 5.69 Å². The number of rotatable bonds is 8. The minimum absolute atomic E-state index is 0.0248. The van der Waals surface area contributed by atoms with E-state index < -0.39 is 0 Å². The largest absolute Gasteiger partial charge is 0.372 e. The van der Waals surface area contributed by atoms with Crippen molar-refractivity contribution >= 4 is 22.9 Å². The third-order valence-corrected chi connectivity index (χ3v) is 7.63. The van der Waals surface area contributed by atoms with Crippen molar-refractivity contribution in [2.24, 2.45) is 0 Å². The highest BCUT2D eigenvalue weighted by atomic mass is 32.1. The number of amides is 1. The van der Waals surface area contributed by atoms with Gasteiger partial charge in [0.15, 0.2) is 0 Å². The smallest absolute Gasteiger partial charge is 0.261 e. The molecule has 5 rings (SSSR count). The molecular weight excluding hydrogens is 440 g/mol. The van der Waals surface area contributed by atoms with E-state index in [1.54, 1.807) is 11.3 Å². The van der Waals surface area contributed by atoms with Crippen LogP contribution in [0.3, 0.4) is 0 Å². The molecule has 0 spiro atoms. The lowest BCUT2D eigenvalue weighted by molar-refractivity contribution is 0.0957. The van der Waals surface area contributed by atoms with Crippen LogP contribution in [-0.2, 0) is 12.8 Å². The molecule has 0 fully saturated rings. The predicted molar refractivity (Wildman–Crippen MR) is 140 cm³/mol. The number of aryl methyl sites for hydroxylation is 2. The van der Waals surface area contributed by atoms with Gasteiger partial charge in [0.1, 0.15) is 0 Å². The van der Waals surface area contributed by atoms with Gasteiger partial charge in [-0.25, -0.2) is 4.68 Å². The van der Waals surface area contributed by atoms with E-state index in [9.17, 15) is 4.79 Å². The number of fused-ring (bicyclic) bond motifs is 3. The zero-order chi connectivity index (χ0) is 23.5. The van der Waals surface area contributed by atoms with Crippen LogP contribution in [0.2, 0.25) is 0 Å². The fraction of sp³-hybridized carbons (Fsp3) is 0.286. The highest BCUT2D eigenvalue weighted by Gasteiger charge is 2.27. The van der Waals surface area contributed by atoms with Crippen LogP contribution in [-0.4, -0.2) is 35.3 Å². The molecule has 1 aliphatic rings. The van der Waals surface area contributed by atoms with E-state index in [1.807, 2.05) is 24.3 Å². The third kappa shape index (κ3) is 4.38. The Morgan fingerprint density at radius 1 is 1.09 bits per heavy atom. The van der Waals surface area contributed by atoms with Crippen LogP contribution in [0, 0.1) is 6.92 Å². The van der Waals surface area contributed by atoms with Crippen molar-refractivity contribution in [3.8, 4) is 16.1 Å². The lowest BCUT2D eigenvalue weighted by Gasteiger charge is -2.23. The van der Waals surface area contributed by atoms with E-state index in [4.69, 9.17) is 5.10 Å². The molecule has 2 heterocycles. The summed E-state index contributed by atoms with van der Waals surface area (Å²) in [5.74, 6) is 0.0248. The molecule has 0 unspecified atom stereocenters. The van der Waals surface area contributed by atoms with Crippen molar-refractivity contribution in [3.05, 3.63) is 88.6 Å². The summed E-state index contributed by atoms with van der Waals surface area (Å²) in [6.07, 6.45) is 2.78. The van der Waals surface area contributed by atoms with Gasteiger partial charge in [0.2, 0.25) is 0 Å². The van der Waals surface area contributed by atoms with Gasteiger partial charge in [-0.3, -0.25) is 4.79 Å². The number of carbonyl (C=O) groups is 1. The zero-order valence-corrected chi connectivity index (χ0v) is 20.6. The summed E-state index contributed by atoms with van der Waals surface area (Å²) < 4.78 is 2.07. The van der Waals surface area contributed by atoms with Crippen molar-refractivity contribution in [3.63, 3.8) is 0 Å². The lowest BCUT2D eigenvalue weighted by Crippen LogP contribution is -2.29. The predicted octanol–water partition coefficient (Wildman–Crippen LogP) is 5.65. The number of nitrogens with zero attached hydrogens (tertiary/aromatic N) is 3. The molecule has 0 aliphatic heterocycles. The van der Waals surface area contributed by atoms with Crippen LogP contribution in [0.25, 0.3) is 16.1 Å². The Morgan fingerprint density at radius 2 is 1.82 bits per heavy atom. The van der Waals surface area contributed by atoms with Crippen molar-refractivity contribution < 1.29 is 4.79 Å². The first-order chi connectivity index (χ1) is 16.7. The van der Waals surface area contributed by atoms with Crippen LogP contribution in [0.1, 0.15) is 40.0 Å². The molecule has 1 aliphatic carbocycles. The van der Waals surface area contributed by atoms with E-state index >= 15 is 0 Å². The molecule has 2 aromatic heterocycles. The molecular formula is C28H30N4OS. The summed E-state index contributed by atoms with van der Waals surface area (Å²) in [6.45, 7) is 6.77. The molecule has 0 saturated carbocycles. The van der Waals surface area contributed by atoms with Crippen molar-refractivity contribution in [2.75, 3.05) is 24.5 Å². The number of nitrogens with one attached hydrogen (secondary N) is 1. The Bertz CT molecular complexity index is 1280. The molecule has 0 bridgehead atoms. The number of hydrogen-bond donors (Lipinski definition) is 1. The van der Waals surface area contributed by atoms with Crippen LogP contribution in [0.5, 0.6) is 0 Å². The quantitative estimate of drug-likeness (QED) is 0.338. The van der Waals surface area contributed by atoms with Gasteiger partial charge >= 0.3 is 0 Å². The normalized spacial score (nSPS) is 12.2. The summed E-state index contributed by atoms with van der Waals surface area (Å²) in [6, 6.07) is 22.8. The Morgan fingerprint density at radius 3 is 2.56 bits per heavy atom. The maximum atomic E-state index is 12.9. The summed E-state index contributed by atoms with van der Waals surface area (Å²) in [5.41, 5.74) is 7.04. The van der Waals surface area contributed by atoms with Crippen molar-refractivity contribution in [2.45, 2.75) is 33.1 Å². The molecule has 34 heavy (non-hydrogen) atoms. The fourth-order valence-electron chi connectivity index (χ4n) is 4.74. The monoisotopic (exact) mass is 470 g/mol. The van der Waals surface area contributed by atoms with Crippen LogP contribution in [0.15, 0.2) is 66.7 Å². The van der Waals surface area contributed by atoms with Gasteiger partial charge in [0.05, 0.1) is 22.0 Å². The minimum atomic E-state index is 0.0248. The lowest BCUT2D eigenvalue weighted by atomic mass is 9.95. The summed E-state index contributed by atoms with van der Waals surface area (Å²) in [5, 5.41) is 7.98. The number of aromatic nitrogens is 2. The maximum absolute atomic E-state index is 12.9. The zero-order valence-electron chi connectivity index (χ0n) is 19.8. The highest BCUT2D eigenvalue weighted by molar-refractivity contribution is 7.17. The van der Waals surface area contributed by atoms with Gasteiger partial charge in [0, 0.05) is 35.8 Å². The number of benzene rings is 2. The molecule has 6 heteroatoms. The second-order valence-corrected chi connectivity index (χ2v) is 9.70. The van der Waals surface area contributed by atoms with Crippen LogP contribution < -0.4 is 10.2 Å². The van der Waals surface area contributed by atoms with E-state index in [1.165, 1.54) is 27.4 Å². The Labute approximate surface area is 205 Å². The average molecular weight is 471 g/mol. The molecule has 4 aromatic rings. The van der Waals surface area contributed by atoms with Gasteiger partial charge in [-0.2, -0.15) is 5.10 Å². The minimum Gasteiger partial charge on any atom is -0.372 e. The SMILES string of the molecule is CCN(CCCNC(=O)c1cc2c(s1)-c1c(C)nn(-c3ccccc3)c1CC2)c1ccccc1. The van der Waals surface area contributed by atoms with Gasteiger partial charge in [0.25, 0.3) is 5.91 Å². The molecule has 2 aromatic carbocycles. The molecule has 1 amide bonds. The fourth-order valence-corrected chi connectivity index (χ4v) is 5.99. The molecule has 5 nitrogen and oxygen atoms in total. The Balaban J connectivity index is 1.26. The summed E-state index contributed by atoms with van der Waals surface area (Å²) in [7, 11) is 0. The Hall–Kier alpha value is -3.38. The number of carbonyl (C=O) groups excluding carboxylic acids is 1. The van der Waals surface area contributed by atoms with E-state index in [0.29, 0.717) is 6.54 Å². The van der Waals surface area contributed by atoms with E-state index in [-0.39, 0.29) is 5.91 Å². The second kappa shape index (κ2) is 9.85. The number of para-hydroxylation sites is 2. The third-order valence-electron chi connectivity index (χ3n) is 6.44. The van der Waals surface area contributed by atoms with E-state index in [2.05, 4.69) is 71.2 Å². The first-order valence-electron chi connectivity index (χ1n) is 12.0. The molecule has 1 N–H and O–H groups in total. The van der Waals surface area contributed by atoms with Crippen molar-refractivity contribution in [1.29, 1.82) is 0 Å². The van der Waals surface area contributed by atoms with Gasteiger partial charge in [-0.05, 0) is 69.0 Å². The maximum Gasteiger partial charge on any atom is 0.261 e. The van der Waals surface area contributed by atoms with E-state index in [0.717, 1.165) is 48.6 Å². The molecule has 0 saturated heterocycles. The first-order valence-corrected chi connectivity index (χ1v) is 12.8.